The van der Waals surface area contributed by atoms with Gasteiger partial charge in [0.15, 0.2) is 11.2 Å². The molecular weight excluding hydrogens is 1550 g/mol. The Hall–Kier alpha value is -8.44. The number of methoxy groups -OCH3 is 1. The number of aliphatic hydroxyl groups excluding tert-OH is 2. The van der Waals surface area contributed by atoms with Crippen molar-refractivity contribution in [3.8, 4) is 11.3 Å². The number of nitrogen functional groups attached to an aromatic ring is 2. The SMILES string of the molecule is CO[C@H]1CC2CCCC(O2)C(=O)C(=O)N2CCCC[C@H]2C(=O)O[C@H](C[C@H](O)CC[C@H]2CC[C@H](OC(=O)NCCOCCOCCOCCOCCOCCOCCOCCOCCC(=O)N3CCc4cc(Cn5nc(-c6ccc7oc(N)nc7c6)c6c(N)ncnc65)ccc4C3)CC2)[C@H](C)/C=C(\C)[C@@H](O)CC(=O)[C@H](C)C[C@H](C)/C=C/C=C/C=C/1C. The number of oxazole rings is 1. The average Bonchev–Trinajstić information content (AvgIpc) is 1.61. The van der Waals surface area contributed by atoms with Gasteiger partial charge in [-0.3, -0.25) is 19.2 Å². The molecule has 5 aliphatic rings. The van der Waals surface area contributed by atoms with Crippen molar-refractivity contribution in [2.45, 2.75) is 212 Å². The zero-order valence-corrected chi connectivity index (χ0v) is 70.9. The van der Waals surface area contributed by atoms with E-state index in [0.29, 0.717) is 235 Å². The van der Waals surface area contributed by atoms with Crippen LogP contribution in [0.5, 0.6) is 0 Å². The molecule has 1 aliphatic carbocycles. The molecule has 7 N–H and O–H groups in total. The molecule has 0 radical (unpaired) electrons. The minimum Gasteiger partial charge on any atom is -0.460 e. The van der Waals surface area contributed by atoms with Crippen LogP contribution in [0, 0.1) is 23.7 Å². The molecule has 0 spiro atoms. The lowest BCUT2D eigenvalue weighted by molar-refractivity contribution is -0.168. The predicted molar refractivity (Wildman–Crippen MR) is 449 cm³/mol. The van der Waals surface area contributed by atoms with Gasteiger partial charge in [-0.05, 0) is 162 Å². The first-order valence-corrected chi connectivity index (χ1v) is 43.1. The molecule has 3 fully saturated rings. The third kappa shape index (κ3) is 29.7. The number of aromatic nitrogens is 5. The third-order valence-corrected chi connectivity index (χ3v) is 23.0. The van der Waals surface area contributed by atoms with Crippen molar-refractivity contribution >= 4 is 69.4 Å². The molecule has 120 heavy (non-hydrogen) atoms. The molecule has 2 saturated heterocycles. The van der Waals surface area contributed by atoms with Crippen LogP contribution in [0.15, 0.2) is 94.7 Å². The monoisotopic (exact) mass is 1670 g/mol. The largest absolute Gasteiger partial charge is 0.460 e. The van der Waals surface area contributed by atoms with Crippen LogP contribution in [0.3, 0.4) is 0 Å². The summed E-state index contributed by atoms with van der Waals surface area (Å²) in [5.74, 6) is -2.26. The Labute approximate surface area is 704 Å². The Morgan fingerprint density at radius 3 is 2.10 bits per heavy atom. The standard InChI is InChI=1S/C89H128N10O21/c1-59-13-8-7-9-14-60(2)78(108-6)54-71-15-12-17-77(117-71)83(104)86(105)98-31-11-10-16-73(98)87(106)119-79(63(5)50-62(4)75(102)55-74(101)61(3)49-59)53-69(100)24-19-64-20-25-70(26-21-64)118-89(107)92-30-34-110-36-38-112-40-42-114-44-46-116-48-47-115-45-43-113-41-39-111-37-35-109-33-29-80(103)97-32-28-66-51-65(18-22-68(66)57-97)56-99-85-81(84(90)93-58-94-85)82(96-99)67-23-27-76-72(52-67)95-88(91)120-76/h7-9,13-14,18,22-23,27,50-52,58-59,61,63-64,69-71,73,75,77-79,100,102H,10-12,15-17,19-21,24-26,28-49,53-57H2,1-6H3,(H2,91,95)(H,92,107)(H2,90,93,94)/b9-7+,13-8+,60-14+,62-50+/t59-,61-,63-,64-,69-,70-,71?,73+,75+,77?,78+,79-/m1/s1. The molecule has 3 aromatic heterocycles. The third-order valence-electron chi connectivity index (χ3n) is 23.0. The number of Topliss-reactive ketones (excluding diaryl/α,β-unsaturated/α-hetero) is 2. The molecule has 2 unspecified atom stereocenters. The first kappa shape index (κ1) is 93.8. The smallest absolute Gasteiger partial charge is 0.407 e. The molecule has 2 bridgehead atoms. The highest BCUT2D eigenvalue weighted by Gasteiger charge is 2.42. The maximum Gasteiger partial charge on any atom is 0.407 e. The van der Waals surface area contributed by atoms with Crippen LogP contribution in [0.2, 0.25) is 0 Å². The number of amides is 3. The van der Waals surface area contributed by atoms with Gasteiger partial charge in [-0.2, -0.15) is 10.1 Å². The molecule has 660 valence electrons. The Bertz CT molecular complexity index is 4200. The number of rotatable bonds is 37. The van der Waals surface area contributed by atoms with Crippen LogP contribution in [-0.2, 0) is 100 Å². The van der Waals surface area contributed by atoms with Crippen molar-refractivity contribution < 1.29 is 100 Å². The maximum atomic E-state index is 14.4. The number of ketones is 2. The summed E-state index contributed by atoms with van der Waals surface area (Å²) in [6, 6.07) is 10.9. The normalized spacial score (nSPS) is 25.1. The number of carbonyl (C=O) groups is 6. The number of carbonyl (C=O) groups excluding carboxylic acids is 6. The number of nitrogens with zero attached hydrogens (tertiary/aromatic N) is 7. The number of hydrogen-bond acceptors (Lipinski definition) is 27. The summed E-state index contributed by atoms with van der Waals surface area (Å²) in [4.78, 5) is 98.4. The van der Waals surface area contributed by atoms with Crippen molar-refractivity contribution in [1.82, 2.24) is 39.8 Å². The lowest BCUT2D eigenvalue weighted by Gasteiger charge is -2.37. The van der Waals surface area contributed by atoms with Gasteiger partial charge in [0, 0.05) is 70.0 Å². The van der Waals surface area contributed by atoms with Crippen LogP contribution in [0.25, 0.3) is 33.4 Å². The number of allylic oxidation sites excluding steroid dienone is 5. The minimum atomic E-state index is -1.08. The van der Waals surface area contributed by atoms with Gasteiger partial charge < -0.3 is 98.1 Å². The van der Waals surface area contributed by atoms with Crippen molar-refractivity contribution in [2.75, 3.05) is 144 Å². The topological polar surface area (TPSA) is 394 Å². The van der Waals surface area contributed by atoms with Crippen molar-refractivity contribution in [1.29, 1.82) is 0 Å². The summed E-state index contributed by atoms with van der Waals surface area (Å²) < 4.78 is 76.6. The number of hydrogen-bond donors (Lipinski definition) is 5. The number of benzene rings is 2. The van der Waals surface area contributed by atoms with Crippen LogP contribution in [0.1, 0.15) is 160 Å². The van der Waals surface area contributed by atoms with E-state index in [4.69, 9.17) is 77.8 Å². The van der Waals surface area contributed by atoms with Gasteiger partial charge in [-0.1, -0.05) is 75.4 Å². The number of esters is 1. The number of fused-ring (bicyclic) bond motifs is 6. The van der Waals surface area contributed by atoms with Crippen LogP contribution in [0.4, 0.5) is 16.6 Å². The number of anilines is 2. The summed E-state index contributed by atoms with van der Waals surface area (Å²) in [5.41, 5.74) is 20.2. The molecule has 5 aromatic rings. The second-order valence-electron chi connectivity index (χ2n) is 32.2. The van der Waals surface area contributed by atoms with Gasteiger partial charge in [0.2, 0.25) is 11.7 Å². The van der Waals surface area contributed by atoms with Crippen LogP contribution >= 0.6 is 0 Å². The van der Waals surface area contributed by atoms with E-state index >= 15 is 0 Å². The molecule has 31 heteroatoms. The first-order valence-electron chi connectivity index (χ1n) is 43.1. The number of alkyl carbamates (subject to hydrolysis) is 1. The van der Waals surface area contributed by atoms with E-state index in [1.807, 2.05) is 72.9 Å². The molecule has 1 saturated carbocycles. The summed E-state index contributed by atoms with van der Waals surface area (Å²) in [6.45, 7) is 17.8. The van der Waals surface area contributed by atoms with E-state index in [0.717, 1.165) is 41.5 Å². The van der Waals surface area contributed by atoms with E-state index in [1.54, 1.807) is 26.2 Å². The Morgan fingerprint density at radius 2 is 1.41 bits per heavy atom. The van der Waals surface area contributed by atoms with Gasteiger partial charge in [0.1, 0.15) is 53.5 Å². The molecule has 10 atom stereocenters. The highest BCUT2D eigenvalue weighted by atomic mass is 16.6. The number of nitrogens with one attached hydrogen (secondary N) is 1. The molecule has 31 nitrogen and oxygen atoms in total. The second-order valence-corrected chi connectivity index (χ2v) is 32.2. The van der Waals surface area contributed by atoms with E-state index in [-0.39, 0.29) is 92.7 Å². The van der Waals surface area contributed by atoms with Gasteiger partial charge >= 0.3 is 12.1 Å². The van der Waals surface area contributed by atoms with E-state index in [9.17, 15) is 39.0 Å². The summed E-state index contributed by atoms with van der Waals surface area (Å²) >= 11 is 0. The molecule has 4 aliphatic heterocycles. The summed E-state index contributed by atoms with van der Waals surface area (Å²) in [6.07, 6.45) is 17.5. The summed E-state index contributed by atoms with van der Waals surface area (Å²) in [5, 5.41) is 31.5. The van der Waals surface area contributed by atoms with Crippen molar-refractivity contribution in [3.63, 3.8) is 0 Å². The van der Waals surface area contributed by atoms with Crippen LogP contribution < -0.4 is 16.8 Å². The van der Waals surface area contributed by atoms with Gasteiger partial charge in [0.25, 0.3) is 11.9 Å². The molecular formula is C89H128N10O21. The van der Waals surface area contributed by atoms with Crippen molar-refractivity contribution in [3.05, 3.63) is 107 Å². The van der Waals surface area contributed by atoms with E-state index in [2.05, 4.69) is 45.4 Å². The lowest BCUT2D eigenvalue weighted by atomic mass is 9.83. The zero-order chi connectivity index (χ0) is 85.1. The highest BCUT2D eigenvalue weighted by Crippen LogP contribution is 2.36. The van der Waals surface area contributed by atoms with E-state index < -0.39 is 60.1 Å². The number of cyclic esters (lactones) is 1. The molecule has 2 aromatic carbocycles. The zero-order valence-electron chi connectivity index (χ0n) is 70.9. The van der Waals surface area contributed by atoms with E-state index in [1.165, 1.54) is 16.8 Å². The van der Waals surface area contributed by atoms with Crippen molar-refractivity contribution in [2.24, 2.45) is 23.7 Å². The Kier molecular flexibility index (Phi) is 38.8. The van der Waals surface area contributed by atoms with Gasteiger partial charge in [-0.25, -0.2) is 24.2 Å². The number of piperidine rings is 1. The van der Waals surface area contributed by atoms with Gasteiger partial charge in [0.05, 0.1) is 148 Å². The molecule has 3 amide bonds. The molecule has 10 rings (SSSR count). The number of ether oxygens (including phenoxy) is 12. The van der Waals surface area contributed by atoms with Gasteiger partial charge in [-0.15, -0.1) is 0 Å². The van der Waals surface area contributed by atoms with Crippen LogP contribution in [-0.4, -0.2) is 261 Å². The fraction of sp³-hybridized carbons (Fsp3) is 0.640. The number of aliphatic hydroxyl groups is 2. The maximum absolute atomic E-state index is 14.4. The quantitative estimate of drug-likeness (QED) is 0.0107. The fourth-order valence-electron chi connectivity index (χ4n) is 16.1. The number of nitrogens with two attached hydrogens (primary N) is 2. The highest BCUT2D eigenvalue weighted by molar-refractivity contribution is 6.38. The molecule has 7 heterocycles. The predicted octanol–water partition coefficient (Wildman–Crippen LogP) is 9.91. The minimum absolute atomic E-state index is 0.0466. The summed E-state index contributed by atoms with van der Waals surface area (Å²) in [7, 11) is 1.64. The Balaban J connectivity index is 0.510. The average molecular weight is 1670 g/mol. The second kappa shape index (κ2) is 49.6. The first-order chi connectivity index (χ1) is 58.2. The lowest BCUT2D eigenvalue weighted by Crippen LogP contribution is -2.54. The Morgan fingerprint density at radius 1 is 0.725 bits per heavy atom. The fourth-order valence-corrected chi connectivity index (χ4v) is 16.1.